The van der Waals surface area contributed by atoms with E-state index in [1.165, 1.54) is 0 Å². The first kappa shape index (κ1) is 20.9. The summed E-state index contributed by atoms with van der Waals surface area (Å²) in [7, 11) is 0. The van der Waals surface area contributed by atoms with E-state index in [2.05, 4.69) is 16.4 Å². The van der Waals surface area contributed by atoms with Crippen molar-refractivity contribution in [1.29, 1.82) is 5.26 Å². The Kier molecular flexibility index (Phi) is 7.25. The van der Waals surface area contributed by atoms with Crippen molar-refractivity contribution in [3.8, 4) is 6.07 Å². The fraction of sp³-hybridized carbons (Fsp3) is 0.364. The maximum absolute atomic E-state index is 12.6. The third-order valence-electron chi connectivity index (χ3n) is 4.88. The van der Waals surface area contributed by atoms with E-state index in [1.54, 1.807) is 41.1 Å². The minimum absolute atomic E-state index is 0.0644. The summed E-state index contributed by atoms with van der Waals surface area (Å²) in [5.74, 6) is 1.42. The molecule has 1 aliphatic heterocycles. The molecule has 29 heavy (non-hydrogen) atoms. The maximum atomic E-state index is 12.6. The lowest BCUT2D eigenvalue weighted by atomic mass is 9.97. The molecule has 2 aromatic rings. The molecule has 150 valence electrons. The van der Waals surface area contributed by atoms with Crippen LogP contribution in [0.4, 0.5) is 5.82 Å². The number of aryl methyl sites for hydroxylation is 1. The van der Waals surface area contributed by atoms with E-state index in [0.29, 0.717) is 36.0 Å². The number of carbonyl (C=O) groups is 2. The number of hydrogen-bond donors (Lipinski definition) is 1. The minimum Gasteiger partial charge on any atom is -0.341 e. The van der Waals surface area contributed by atoms with Gasteiger partial charge in [0.1, 0.15) is 5.82 Å². The van der Waals surface area contributed by atoms with Gasteiger partial charge in [-0.25, -0.2) is 4.98 Å². The first-order valence-electron chi connectivity index (χ1n) is 9.63. The SMILES string of the molecule is Cc1ccc(NC(=O)C2CCCN(C(=O)CSCc3ccc(C#N)cc3)C2)nc1. The van der Waals surface area contributed by atoms with Crippen LogP contribution in [0.1, 0.15) is 29.5 Å². The number of carbonyl (C=O) groups excluding carboxylic acids is 2. The molecule has 0 radical (unpaired) electrons. The molecule has 0 saturated carbocycles. The second-order valence-electron chi connectivity index (χ2n) is 7.19. The van der Waals surface area contributed by atoms with E-state index in [4.69, 9.17) is 5.26 Å². The predicted molar refractivity (Wildman–Crippen MR) is 114 cm³/mol. The number of benzene rings is 1. The molecule has 1 fully saturated rings. The molecule has 0 aliphatic carbocycles. The standard InChI is InChI=1S/C22H24N4O2S/c1-16-4-9-20(24-12-16)25-22(28)19-3-2-10-26(13-19)21(27)15-29-14-18-7-5-17(11-23)6-8-18/h4-9,12,19H,2-3,10,13-15H2,1H3,(H,24,25,28). The number of nitriles is 1. The van der Waals surface area contributed by atoms with Crippen molar-refractivity contribution in [3.05, 3.63) is 59.3 Å². The Morgan fingerprint density at radius 1 is 1.28 bits per heavy atom. The monoisotopic (exact) mass is 408 g/mol. The molecule has 1 saturated heterocycles. The van der Waals surface area contributed by atoms with Crippen LogP contribution >= 0.6 is 11.8 Å². The Labute approximate surface area is 175 Å². The Morgan fingerprint density at radius 3 is 2.76 bits per heavy atom. The fourth-order valence-corrected chi connectivity index (χ4v) is 4.10. The molecule has 1 unspecified atom stereocenters. The van der Waals surface area contributed by atoms with Gasteiger partial charge in [0.05, 0.1) is 23.3 Å². The number of nitrogens with zero attached hydrogens (tertiary/aromatic N) is 3. The molecule has 1 aromatic carbocycles. The summed E-state index contributed by atoms with van der Waals surface area (Å²) in [5, 5.41) is 11.7. The van der Waals surface area contributed by atoms with Crippen molar-refractivity contribution < 1.29 is 9.59 Å². The zero-order valence-electron chi connectivity index (χ0n) is 16.4. The van der Waals surface area contributed by atoms with E-state index in [0.717, 1.165) is 24.0 Å². The Morgan fingerprint density at radius 2 is 2.07 bits per heavy atom. The van der Waals surface area contributed by atoms with E-state index in [1.807, 2.05) is 25.1 Å². The van der Waals surface area contributed by atoms with Crippen LogP contribution < -0.4 is 5.32 Å². The van der Waals surface area contributed by atoms with Crippen LogP contribution in [0.5, 0.6) is 0 Å². The number of likely N-dealkylation sites (tertiary alicyclic amines) is 1. The highest BCUT2D eigenvalue weighted by atomic mass is 32.2. The largest absolute Gasteiger partial charge is 0.341 e. The third-order valence-corrected chi connectivity index (χ3v) is 5.87. The second-order valence-corrected chi connectivity index (χ2v) is 8.18. The molecule has 2 amide bonds. The van der Waals surface area contributed by atoms with Gasteiger partial charge >= 0.3 is 0 Å². The Balaban J connectivity index is 1.46. The Bertz CT molecular complexity index is 891. The van der Waals surface area contributed by atoms with Crippen LogP contribution in [-0.4, -0.2) is 40.5 Å². The molecule has 1 aliphatic rings. The number of rotatable bonds is 6. The van der Waals surface area contributed by atoms with Gasteiger partial charge in [0.2, 0.25) is 11.8 Å². The smallest absolute Gasteiger partial charge is 0.232 e. The zero-order valence-corrected chi connectivity index (χ0v) is 17.2. The van der Waals surface area contributed by atoms with Crippen LogP contribution in [0.25, 0.3) is 0 Å². The normalized spacial score (nSPS) is 16.1. The number of hydrogen-bond acceptors (Lipinski definition) is 5. The molecular weight excluding hydrogens is 384 g/mol. The van der Waals surface area contributed by atoms with Crippen molar-refractivity contribution in [3.63, 3.8) is 0 Å². The van der Waals surface area contributed by atoms with Crippen LogP contribution in [0, 0.1) is 24.2 Å². The topological polar surface area (TPSA) is 86.1 Å². The number of thioether (sulfide) groups is 1. The maximum Gasteiger partial charge on any atom is 0.232 e. The number of piperidine rings is 1. The summed E-state index contributed by atoms with van der Waals surface area (Å²) in [5.41, 5.74) is 2.76. The highest BCUT2D eigenvalue weighted by Crippen LogP contribution is 2.20. The second kappa shape index (κ2) is 10.1. The Hall–Kier alpha value is -2.85. The summed E-state index contributed by atoms with van der Waals surface area (Å²) >= 11 is 1.55. The van der Waals surface area contributed by atoms with Gasteiger partial charge in [-0.1, -0.05) is 18.2 Å². The number of nitrogens with one attached hydrogen (secondary N) is 1. The van der Waals surface area contributed by atoms with Crippen molar-refractivity contribution in [2.75, 3.05) is 24.2 Å². The molecule has 1 N–H and O–H groups in total. The quantitative estimate of drug-likeness (QED) is 0.792. The van der Waals surface area contributed by atoms with Gasteiger partial charge in [0, 0.05) is 25.0 Å². The average molecular weight is 409 g/mol. The highest BCUT2D eigenvalue weighted by Gasteiger charge is 2.28. The molecule has 1 aromatic heterocycles. The lowest BCUT2D eigenvalue weighted by Crippen LogP contribution is -2.44. The van der Waals surface area contributed by atoms with E-state index >= 15 is 0 Å². The van der Waals surface area contributed by atoms with E-state index < -0.39 is 0 Å². The van der Waals surface area contributed by atoms with Crippen LogP contribution in [-0.2, 0) is 15.3 Å². The molecule has 2 heterocycles. The van der Waals surface area contributed by atoms with Crippen LogP contribution in [0.2, 0.25) is 0 Å². The summed E-state index contributed by atoms with van der Waals surface area (Å²) in [6, 6.07) is 13.2. The van der Waals surface area contributed by atoms with Crippen molar-refractivity contribution in [2.45, 2.75) is 25.5 Å². The minimum atomic E-state index is -0.209. The van der Waals surface area contributed by atoms with Gasteiger partial charge < -0.3 is 10.2 Å². The van der Waals surface area contributed by atoms with Crippen LogP contribution in [0.3, 0.4) is 0 Å². The highest BCUT2D eigenvalue weighted by molar-refractivity contribution is 7.99. The zero-order chi connectivity index (χ0) is 20.6. The van der Waals surface area contributed by atoms with Crippen molar-refractivity contribution >= 4 is 29.4 Å². The number of pyridine rings is 1. The first-order valence-corrected chi connectivity index (χ1v) is 10.8. The van der Waals surface area contributed by atoms with Crippen molar-refractivity contribution in [1.82, 2.24) is 9.88 Å². The first-order chi connectivity index (χ1) is 14.0. The van der Waals surface area contributed by atoms with Gasteiger partial charge in [-0.15, -0.1) is 11.8 Å². The lowest BCUT2D eigenvalue weighted by Gasteiger charge is -2.32. The number of aromatic nitrogens is 1. The third kappa shape index (κ3) is 6.06. The summed E-state index contributed by atoms with van der Waals surface area (Å²) in [4.78, 5) is 31.1. The summed E-state index contributed by atoms with van der Waals surface area (Å²) in [6.45, 7) is 3.10. The fourth-order valence-electron chi connectivity index (χ4n) is 3.21. The summed E-state index contributed by atoms with van der Waals surface area (Å²) < 4.78 is 0. The van der Waals surface area contributed by atoms with Gasteiger partial charge in [0.15, 0.2) is 0 Å². The molecule has 0 spiro atoms. The molecular formula is C22H24N4O2S. The molecule has 7 heteroatoms. The molecule has 0 bridgehead atoms. The lowest BCUT2D eigenvalue weighted by molar-refractivity contribution is -0.132. The summed E-state index contributed by atoms with van der Waals surface area (Å²) in [6.07, 6.45) is 3.32. The van der Waals surface area contributed by atoms with Crippen molar-refractivity contribution in [2.24, 2.45) is 5.92 Å². The molecule has 1 atom stereocenters. The predicted octanol–water partition coefficient (Wildman–Crippen LogP) is 3.37. The van der Waals surface area contributed by atoms with Gasteiger partial charge in [-0.2, -0.15) is 5.26 Å². The molecule has 3 rings (SSSR count). The van der Waals surface area contributed by atoms with Gasteiger partial charge in [-0.05, 0) is 49.1 Å². The average Bonchev–Trinajstić information content (AvgIpc) is 2.76. The van der Waals surface area contributed by atoms with Crippen LogP contribution in [0.15, 0.2) is 42.6 Å². The van der Waals surface area contributed by atoms with Gasteiger partial charge in [-0.3, -0.25) is 9.59 Å². The molecule has 6 nitrogen and oxygen atoms in total. The van der Waals surface area contributed by atoms with Gasteiger partial charge in [0.25, 0.3) is 0 Å². The number of anilines is 1. The van der Waals surface area contributed by atoms with E-state index in [-0.39, 0.29) is 17.7 Å². The van der Waals surface area contributed by atoms with E-state index in [9.17, 15) is 9.59 Å². The number of amides is 2.